The van der Waals surface area contributed by atoms with Crippen molar-refractivity contribution in [3.8, 4) is 0 Å². The quantitative estimate of drug-likeness (QED) is 0.441. The van der Waals surface area contributed by atoms with Crippen LogP contribution in [0.2, 0.25) is 0 Å². The van der Waals surface area contributed by atoms with Gasteiger partial charge in [0.15, 0.2) is 0 Å². The Bertz CT molecular complexity index is 174. The summed E-state index contributed by atoms with van der Waals surface area (Å²) < 4.78 is 0. The smallest absolute Gasteiger partial charge is 0.0165 e. The molecule has 0 aromatic heterocycles. The summed E-state index contributed by atoms with van der Waals surface area (Å²) in [5, 5.41) is 0. The largest absolute Gasteiger partial charge is 0.0991 e. The minimum absolute atomic E-state index is 0.676. The molecule has 102 valence electrons. The molecule has 17 heavy (non-hydrogen) atoms. The van der Waals surface area contributed by atoms with E-state index < -0.39 is 0 Å². The summed E-state index contributed by atoms with van der Waals surface area (Å²) in [5.74, 6) is 0.676. The average molecular weight is 238 g/mol. The second-order valence-corrected chi connectivity index (χ2v) is 3.35. The van der Waals surface area contributed by atoms with Crippen molar-refractivity contribution in [2.75, 3.05) is 0 Å². The molecule has 0 spiro atoms. The minimum atomic E-state index is 0.676. The highest BCUT2D eigenvalue weighted by Crippen LogP contribution is 2.22. The Morgan fingerprint density at radius 2 is 1.59 bits per heavy atom. The van der Waals surface area contributed by atoms with Crippen molar-refractivity contribution < 1.29 is 0 Å². The van der Waals surface area contributed by atoms with E-state index in [1.807, 2.05) is 39.8 Å². The molecule has 0 nitrogen and oxygen atoms in total. The second-order valence-electron chi connectivity index (χ2n) is 3.35. The number of hydrogen-bond donors (Lipinski definition) is 0. The highest BCUT2D eigenvalue weighted by atomic mass is 14.1. The second kappa shape index (κ2) is 20.6. The van der Waals surface area contributed by atoms with Crippen LogP contribution in [0.5, 0.6) is 0 Å². The molecular formula is C17H34. The Morgan fingerprint density at radius 1 is 1.06 bits per heavy atom. The topological polar surface area (TPSA) is 0 Å². The fraction of sp³-hybridized carbons (Fsp3) is 0.647. The zero-order valence-electron chi connectivity index (χ0n) is 13.1. The fourth-order valence-electron chi connectivity index (χ4n) is 1.56. The Kier molecular flexibility index (Phi) is 26.1. The maximum absolute atomic E-state index is 3.84. The number of rotatable bonds is 7. The SMILES string of the molecule is C=C/C=C(\C=C)C(CC)CCCC.CC.CC. The first-order chi connectivity index (χ1) is 8.29. The van der Waals surface area contributed by atoms with Crippen molar-refractivity contribution in [1.29, 1.82) is 0 Å². The minimum Gasteiger partial charge on any atom is -0.0991 e. The van der Waals surface area contributed by atoms with Crippen molar-refractivity contribution in [3.63, 3.8) is 0 Å². The lowest BCUT2D eigenvalue weighted by molar-refractivity contribution is 0.523. The van der Waals surface area contributed by atoms with Gasteiger partial charge in [-0.05, 0) is 24.3 Å². The molecule has 0 heteroatoms. The van der Waals surface area contributed by atoms with Crippen LogP contribution in [0.15, 0.2) is 37.0 Å². The number of allylic oxidation sites excluding steroid dienone is 4. The van der Waals surface area contributed by atoms with Gasteiger partial charge in [-0.3, -0.25) is 0 Å². The average Bonchev–Trinajstić information content (AvgIpc) is 2.42. The molecule has 0 rings (SSSR count). The first-order valence-corrected chi connectivity index (χ1v) is 7.25. The predicted octanol–water partition coefficient (Wildman–Crippen LogP) is 6.55. The molecule has 0 saturated carbocycles. The monoisotopic (exact) mass is 238 g/mol. The van der Waals surface area contributed by atoms with Gasteiger partial charge < -0.3 is 0 Å². The highest BCUT2D eigenvalue weighted by Gasteiger charge is 2.07. The molecule has 0 aliphatic carbocycles. The summed E-state index contributed by atoms with van der Waals surface area (Å²) in [6.45, 7) is 20.0. The zero-order valence-corrected chi connectivity index (χ0v) is 13.1. The summed E-state index contributed by atoms with van der Waals surface area (Å²) in [5.41, 5.74) is 1.34. The van der Waals surface area contributed by atoms with E-state index in [0.717, 1.165) is 0 Å². The Hall–Kier alpha value is -0.780. The van der Waals surface area contributed by atoms with Gasteiger partial charge in [0, 0.05) is 0 Å². The molecule has 0 aromatic carbocycles. The third-order valence-electron chi connectivity index (χ3n) is 2.42. The molecule has 1 unspecified atom stereocenters. The Labute approximate surface area is 111 Å². The van der Waals surface area contributed by atoms with Crippen LogP contribution in [0, 0.1) is 5.92 Å². The van der Waals surface area contributed by atoms with Crippen molar-refractivity contribution in [2.24, 2.45) is 5.92 Å². The van der Waals surface area contributed by atoms with E-state index >= 15 is 0 Å². The van der Waals surface area contributed by atoms with E-state index in [1.54, 1.807) is 0 Å². The molecule has 0 amide bonds. The maximum Gasteiger partial charge on any atom is -0.0165 e. The molecule has 0 saturated heterocycles. The molecule has 1 atom stereocenters. The predicted molar refractivity (Wildman–Crippen MR) is 84.5 cm³/mol. The van der Waals surface area contributed by atoms with Gasteiger partial charge in [-0.25, -0.2) is 0 Å². The molecule has 0 bridgehead atoms. The molecular weight excluding hydrogens is 204 g/mol. The first kappa shape index (κ1) is 21.5. The van der Waals surface area contributed by atoms with E-state index in [1.165, 1.54) is 31.3 Å². The first-order valence-electron chi connectivity index (χ1n) is 7.25. The standard InChI is InChI=1S/C13H22.2C2H6/c1-5-9-11-13(8-4)12(7-3)10-6-2;2*1-2/h6-7,10,13H,2-3,5,8-9,11H2,1,4H3;2*1-2H3/b12-10+;;. The van der Waals surface area contributed by atoms with Crippen LogP contribution in [-0.2, 0) is 0 Å². The normalized spacial score (nSPS) is 11.3. The molecule has 0 heterocycles. The summed E-state index contributed by atoms with van der Waals surface area (Å²) >= 11 is 0. The van der Waals surface area contributed by atoms with E-state index in [4.69, 9.17) is 0 Å². The van der Waals surface area contributed by atoms with Crippen LogP contribution < -0.4 is 0 Å². The third kappa shape index (κ3) is 13.2. The summed E-state index contributed by atoms with van der Waals surface area (Å²) in [6, 6.07) is 0. The van der Waals surface area contributed by atoms with E-state index in [0.29, 0.717) is 5.92 Å². The molecule has 0 aliphatic rings. The molecule has 0 aliphatic heterocycles. The van der Waals surface area contributed by atoms with Crippen LogP contribution in [0.4, 0.5) is 0 Å². The van der Waals surface area contributed by atoms with Crippen molar-refractivity contribution in [3.05, 3.63) is 37.0 Å². The van der Waals surface area contributed by atoms with Crippen LogP contribution in [0.1, 0.15) is 67.2 Å². The number of unbranched alkanes of at least 4 members (excludes halogenated alkanes) is 1. The molecule has 0 radical (unpaired) electrons. The van der Waals surface area contributed by atoms with Crippen molar-refractivity contribution >= 4 is 0 Å². The lowest BCUT2D eigenvalue weighted by atomic mass is 9.91. The number of hydrogen-bond acceptors (Lipinski definition) is 0. The van der Waals surface area contributed by atoms with Crippen LogP contribution in [-0.4, -0.2) is 0 Å². The van der Waals surface area contributed by atoms with E-state index in [2.05, 4.69) is 33.1 Å². The van der Waals surface area contributed by atoms with Crippen LogP contribution in [0.25, 0.3) is 0 Å². The van der Waals surface area contributed by atoms with Gasteiger partial charge in [-0.2, -0.15) is 0 Å². The van der Waals surface area contributed by atoms with Crippen molar-refractivity contribution in [1.82, 2.24) is 0 Å². The van der Waals surface area contributed by atoms with Gasteiger partial charge in [-0.1, -0.05) is 85.8 Å². The van der Waals surface area contributed by atoms with Crippen LogP contribution >= 0.6 is 0 Å². The Balaban J connectivity index is -0.000000439. The van der Waals surface area contributed by atoms with Crippen LogP contribution in [0.3, 0.4) is 0 Å². The van der Waals surface area contributed by atoms with Gasteiger partial charge in [-0.15, -0.1) is 0 Å². The lowest BCUT2D eigenvalue weighted by Gasteiger charge is -2.15. The highest BCUT2D eigenvalue weighted by molar-refractivity contribution is 5.23. The summed E-state index contributed by atoms with van der Waals surface area (Å²) in [7, 11) is 0. The van der Waals surface area contributed by atoms with E-state index in [9.17, 15) is 0 Å². The fourth-order valence-corrected chi connectivity index (χ4v) is 1.56. The third-order valence-corrected chi connectivity index (χ3v) is 2.42. The Morgan fingerprint density at radius 3 is 1.88 bits per heavy atom. The van der Waals surface area contributed by atoms with Gasteiger partial charge in [0.25, 0.3) is 0 Å². The zero-order chi connectivity index (χ0) is 14.1. The van der Waals surface area contributed by atoms with Gasteiger partial charge in [0.05, 0.1) is 0 Å². The van der Waals surface area contributed by atoms with Gasteiger partial charge >= 0.3 is 0 Å². The van der Waals surface area contributed by atoms with Crippen molar-refractivity contribution in [2.45, 2.75) is 67.2 Å². The van der Waals surface area contributed by atoms with Gasteiger partial charge in [0.2, 0.25) is 0 Å². The lowest BCUT2D eigenvalue weighted by Crippen LogP contribution is -2.00. The molecule has 0 aromatic rings. The molecule has 0 fully saturated rings. The van der Waals surface area contributed by atoms with E-state index in [-0.39, 0.29) is 0 Å². The summed E-state index contributed by atoms with van der Waals surface area (Å²) in [4.78, 5) is 0. The molecule has 0 N–H and O–H groups in total. The van der Waals surface area contributed by atoms with Gasteiger partial charge in [0.1, 0.15) is 0 Å². The summed E-state index contributed by atoms with van der Waals surface area (Å²) in [6.07, 6.45) is 11.0. The maximum atomic E-state index is 3.84.